The van der Waals surface area contributed by atoms with Crippen molar-refractivity contribution in [3.05, 3.63) is 21.3 Å². The van der Waals surface area contributed by atoms with E-state index in [0.717, 1.165) is 24.1 Å². The molecule has 2 atom stereocenters. The maximum Gasteiger partial charge on any atom is 0.308 e. The van der Waals surface area contributed by atoms with Crippen molar-refractivity contribution < 1.29 is 14.7 Å². The zero-order valence-electron chi connectivity index (χ0n) is 12.0. The standard InChI is InChI=1S/C15H20ClNO3S/c1-15(7-3-2-4-12(15)14(19)20)17-13(18)6-5-11-8-10(16)9-21-11/h8-9,12H,2-7H2,1H3,(H,17,18)(H,19,20). The number of nitrogens with one attached hydrogen (secondary N) is 1. The van der Waals surface area contributed by atoms with E-state index in [-0.39, 0.29) is 5.91 Å². The summed E-state index contributed by atoms with van der Waals surface area (Å²) in [7, 11) is 0. The van der Waals surface area contributed by atoms with Crippen molar-refractivity contribution >= 4 is 34.8 Å². The van der Waals surface area contributed by atoms with E-state index in [1.165, 1.54) is 11.3 Å². The first kappa shape index (κ1) is 16.3. The van der Waals surface area contributed by atoms with Crippen molar-refractivity contribution in [3.63, 3.8) is 0 Å². The molecule has 0 saturated heterocycles. The number of hydrogen-bond acceptors (Lipinski definition) is 3. The van der Waals surface area contributed by atoms with E-state index in [1.807, 2.05) is 18.4 Å². The van der Waals surface area contributed by atoms with Gasteiger partial charge in [-0.25, -0.2) is 0 Å². The molecule has 116 valence electrons. The molecule has 2 unspecified atom stereocenters. The zero-order valence-corrected chi connectivity index (χ0v) is 13.6. The molecule has 1 aliphatic rings. The van der Waals surface area contributed by atoms with Gasteiger partial charge in [-0.15, -0.1) is 11.3 Å². The molecule has 0 aromatic carbocycles. The number of thiophene rings is 1. The van der Waals surface area contributed by atoms with Gasteiger partial charge in [0.05, 0.1) is 16.5 Å². The largest absolute Gasteiger partial charge is 0.481 e. The van der Waals surface area contributed by atoms with E-state index in [9.17, 15) is 14.7 Å². The Hall–Kier alpha value is -1.07. The van der Waals surface area contributed by atoms with Crippen molar-refractivity contribution in [1.29, 1.82) is 0 Å². The lowest BCUT2D eigenvalue weighted by Crippen LogP contribution is -2.55. The number of hydrogen-bond donors (Lipinski definition) is 2. The molecular formula is C15H20ClNO3S. The second-order valence-corrected chi connectivity index (χ2v) is 7.27. The van der Waals surface area contributed by atoms with E-state index in [0.29, 0.717) is 24.3 Å². The van der Waals surface area contributed by atoms with E-state index in [4.69, 9.17) is 11.6 Å². The molecule has 1 aromatic heterocycles. The van der Waals surface area contributed by atoms with Crippen LogP contribution in [0.3, 0.4) is 0 Å². The maximum atomic E-state index is 12.1. The number of carbonyl (C=O) groups excluding carboxylic acids is 1. The van der Waals surface area contributed by atoms with Gasteiger partial charge in [-0.3, -0.25) is 9.59 Å². The van der Waals surface area contributed by atoms with Gasteiger partial charge in [0.1, 0.15) is 0 Å². The third-order valence-electron chi connectivity index (χ3n) is 4.15. The number of carbonyl (C=O) groups is 2. The molecule has 2 rings (SSSR count). The van der Waals surface area contributed by atoms with Crippen LogP contribution in [0.5, 0.6) is 0 Å². The predicted octanol–water partition coefficient (Wildman–Crippen LogP) is 3.48. The molecule has 1 amide bonds. The van der Waals surface area contributed by atoms with Crippen LogP contribution in [0.1, 0.15) is 43.9 Å². The van der Waals surface area contributed by atoms with Gasteiger partial charge in [-0.05, 0) is 32.3 Å². The first-order valence-corrected chi connectivity index (χ1v) is 8.43. The summed E-state index contributed by atoms with van der Waals surface area (Å²) < 4.78 is 0. The second-order valence-electron chi connectivity index (χ2n) is 5.83. The summed E-state index contributed by atoms with van der Waals surface area (Å²) in [6.45, 7) is 1.85. The zero-order chi connectivity index (χ0) is 15.5. The summed E-state index contributed by atoms with van der Waals surface area (Å²) in [5.74, 6) is -1.40. The molecule has 0 bridgehead atoms. The fourth-order valence-corrected chi connectivity index (χ4v) is 4.06. The summed E-state index contributed by atoms with van der Waals surface area (Å²) >= 11 is 7.39. The van der Waals surface area contributed by atoms with Crippen LogP contribution in [0.4, 0.5) is 0 Å². The number of carboxylic acid groups (broad SMARTS) is 1. The first-order valence-electron chi connectivity index (χ1n) is 7.17. The van der Waals surface area contributed by atoms with Crippen LogP contribution in [0.15, 0.2) is 11.4 Å². The number of amides is 1. The van der Waals surface area contributed by atoms with Gasteiger partial charge in [0, 0.05) is 16.7 Å². The molecular weight excluding hydrogens is 310 g/mol. The van der Waals surface area contributed by atoms with Gasteiger partial charge in [0.2, 0.25) is 5.91 Å². The number of aliphatic carboxylic acids is 1. The predicted molar refractivity (Wildman–Crippen MR) is 83.8 cm³/mol. The number of rotatable bonds is 5. The van der Waals surface area contributed by atoms with Crippen molar-refractivity contribution in [1.82, 2.24) is 5.32 Å². The Morgan fingerprint density at radius 2 is 2.29 bits per heavy atom. The van der Waals surface area contributed by atoms with E-state index < -0.39 is 17.4 Å². The molecule has 1 fully saturated rings. The van der Waals surface area contributed by atoms with Crippen LogP contribution in [-0.4, -0.2) is 22.5 Å². The highest BCUT2D eigenvalue weighted by atomic mass is 35.5. The first-order chi connectivity index (χ1) is 9.90. The minimum atomic E-state index is -0.817. The molecule has 1 saturated carbocycles. The van der Waals surface area contributed by atoms with Gasteiger partial charge in [0.25, 0.3) is 0 Å². The third-order valence-corrected chi connectivity index (χ3v) is 5.50. The number of carboxylic acids is 1. The van der Waals surface area contributed by atoms with Crippen LogP contribution < -0.4 is 5.32 Å². The second kappa shape index (κ2) is 6.79. The third kappa shape index (κ3) is 4.20. The Labute approximate surface area is 133 Å². The molecule has 0 aliphatic heterocycles. The minimum absolute atomic E-state index is 0.0878. The maximum absolute atomic E-state index is 12.1. The highest BCUT2D eigenvalue weighted by molar-refractivity contribution is 7.10. The summed E-state index contributed by atoms with van der Waals surface area (Å²) in [5.41, 5.74) is -0.631. The van der Waals surface area contributed by atoms with Gasteiger partial charge < -0.3 is 10.4 Å². The van der Waals surface area contributed by atoms with Crippen LogP contribution in [0.25, 0.3) is 0 Å². The lowest BCUT2D eigenvalue weighted by Gasteiger charge is -2.39. The molecule has 0 spiro atoms. The van der Waals surface area contributed by atoms with Crippen LogP contribution in [0.2, 0.25) is 5.02 Å². The molecule has 0 radical (unpaired) electrons. The average molecular weight is 330 g/mol. The topological polar surface area (TPSA) is 66.4 Å². The van der Waals surface area contributed by atoms with E-state index in [1.54, 1.807) is 0 Å². The highest BCUT2D eigenvalue weighted by Crippen LogP contribution is 2.34. The fraction of sp³-hybridized carbons (Fsp3) is 0.600. The van der Waals surface area contributed by atoms with Gasteiger partial charge in [0.15, 0.2) is 0 Å². The molecule has 2 N–H and O–H groups in total. The quantitative estimate of drug-likeness (QED) is 0.869. The van der Waals surface area contributed by atoms with Crippen molar-refractivity contribution in [2.75, 3.05) is 0 Å². The minimum Gasteiger partial charge on any atom is -0.481 e. The lowest BCUT2D eigenvalue weighted by atomic mass is 9.74. The van der Waals surface area contributed by atoms with Crippen LogP contribution >= 0.6 is 22.9 Å². The van der Waals surface area contributed by atoms with Gasteiger partial charge >= 0.3 is 5.97 Å². The Balaban J connectivity index is 1.92. The number of halogens is 1. The summed E-state index contributed by atoms with van der Waals surface area (Å²) in [6, 6.07) is 1.86. The Kier molecular flexibility index (Phi) is 5.27. The van der Waals surface area contributed by atoms with Crippen molar-refractivity contribution in [2.24, 2.45) is 5.92 Å². The smallest absolute Gasteiger partial charge is 0.308 e. The molecule has 1 heterocycles. The Morgan fingerprint density at radius 3 is 2.90 bits per heavy atom. The summed E-state index contributed by atoms with van der Waals surface area (Å²) in [6.07, 6.45) is 4.22. The van der Waals surface area contributed by atoms with E-state index in [2.05, 4.69) is 5.32 Å². The molecule has 1 aliphatic carbocycles. The fourth-order valence-electron chi connectivity index (χ4n) is 2.98. The van der Waals surface area contributed by atoms with Crippen LogP contribution in [0, 0.1) is 5.92 Å². The van der Waals surface area contributed by atoms with Crippen molar-refractivity contribution in [3.8, 4) is 0 Å². The highest BCUT2D eigenvalue weighted by Gasteiger charge is 2.41. The van der Waals surface area contributed by atoms with E-state index >= 15 is 0 Å². The Morgan fingerprint density at radius 1 is 1.52 bits per heavy atom. The summed E-state index contributed by atoms with van der Waals surface area (Å²) in [4.78, 5) is 24.6. The van der Waals surface area contributed by atoms with Gasteiger partial charge in [-0.1, -0.05) is 24.4 Å². The van der Waals surface area contributed by atoms with Crippen LogP contribution in [-0.2, 0) is 16.0 Å². The lowest BCUT2D eigenvalue weighted by molar-refractivity contribution is -0.146. The van der Waals surface area contributed by atoms with Gasteiger partial charge in [-0.2, -0.15) is 0 Å². The monoisotopic (exact) mass is 329 g/mol. The number of aryl methyl sites for hydroxylation is 1. The SMILES string of the molecule is CC1(NC(=O)CCc2cc(Cl)cs2)CCCCC1C(=O)O. The average Bonchev–Trinajstić information content (AvgIpc) is 2.82. The molecule has 6 heteroatoms. The molecule has 4 nitrogen and oxygen atoms in total. The molecule has 21 heavy (non-hydrogen) atoms. The normalized spacial score (nSPS) is 25.5. The Bertz CT molecular complexity index is 531. The van der Waals surface area contributed by atoms with Crippen molar-refractivity contribution in [2.45, 2.75) is 51.0 Å². The molecule has 1 aromatic rings. The summed E-state index contributed by atoms with van der Waals surface area (Å²) in [5, 5.41) is 14.8.